The van der Waals surface area contributed by atoms with Crippen molar-refractivity contribution >= 4 is 5.91 Å². The molecule has 0 aromatic heterocycles. The van der Waals surface area contributed by atoms with Crippen LogP contribution in [0.1, 0.15) is 20.3 Å². The van der Waals surface area contributed by atoms with Gasteiger partial charge in [0.2, 0.25) is 12.7 Å². The fourth-order valence-electron chi connectivity index (χ4n) is 1.84. The second-order valence-corrected chi connectivity index (χ2v) is 4.41. The lowest BCUT2D eigenvalue weighted by molar-refractivity contribution is -0.117. The highest BCUT2D eigenvalue weighted by atomic mass is 16.7. The molecule has 0 aliphatic carbocycles. The predicted molar refractivity (Wildman–Crippen MR) is 75.1 cm³/mol. The average Bonchev–Trinajstić information content (AvgIpc) is 2.91. The number of carbonyl (C=O) groups excluding carboxylic acids is 1. The first kappa shape index (κ1) is 14.2. The quantitative estimate of drug-likeness (QED) is 0.640. The Morgan fingerprint density at radius 2 is 2.20 bits per heavy atom. The monoisotopic (exact) mass is 277 g/mol. The number of rotatable bonds is 6. The highest BCUT2D eigenvalue weighted by molar-refractivity contribution is 5.92. The third-order valence-electron chi connectivity index (χ3n) is 2.87. The molecule has 1 aliphatic heterocycles. The maximum Gasteiger partial charge on any atom is 0.246 e. The van der Waals surface area contributed by atoms with Crippen LogP contribution in [0.3, 0.4) is 0 Å². The van der Waals surface area contributed by atoms with E-state index in [9.17, 15) is 4.79 Å². The zero-order valence-electron chi connectivity index (χ0n) is 11.8. The van der Waals surface area contributed by atoms with Crippen molar-refractivity contribution in [3.63, 3.8) is 0 Å². The second kappa shape index (κ2) is 6.84. The first-order chi connectivity index (χ1) is 9.70. The van der Waals surface area contributed by atoms with Gasteiger partial charge in [0, 0.05) is 11.6 Å². The summed E-state index contributed by atoms with van der Waals surface area (Å²) in [6, 6.07) is 5.41. The van der Waals surface area contributed by atoms with E-state index in [1.165, 1.54) is 0 Å². The van der Waals surface area contributed by atoms with E-state index in [0.717, 1.165) is 17.7 Å². The van der Waals surface area contributed by atoms with Gasteiger partial charge in [-0.2, -0.15) is 0 Å². The fourth-order valence-corrected chi connectivity index (χ4v) is 1.84. The molecule has 1 aromatic carbocycles. The van der Waals surface area contributed by atoms with Crippen LogP contribution < -0.4 is 19.5 Å². The number of benzene rings is 1. The molecule has 5 nitrogen and oxygen atoms in total. The topological polar surface area (TPSA) is 56.8 Å². The summed E-state index contributed by atoms with van der Waals surface area (Å²) in [7, 11) is 0. The van der Waals surface area contributed by atoms with Gasteiger partial charge in [-0.3, -0.25) is 4.79 Å². The van der Waals surface area contributed by atoms with Crippen LogP contribution in [0.4, 0.5) is 0 Å². The number of fused-ring (bicyclic) bond motifs is 1. The van der Waals surface area contributed by atoms with Gasteiger partial charge in [-0.1, -0.05) is 13.0 Å². The molecule has 1 N–H and O–H groups in total. The average molecular weight is 277 g/mol. The van der Waals surface area contributed by atoms with E-state index >= 15 is 0 Å². The number of carbonyl (C=O) groups is 1. The summed E-state index contributed by atoms with van der Waals surface area (Å²) < 4.78 is 16.0. The number of hydrogen-bond donors (Lipinski definition) is 1. The Morgan fingerprint density at radius 1 is 1.40 bits per heavy atom. The zero-order chi connectivity index (χ0) is 14.4. The Bertz CT molecular complexity index is 511. The van der Waals surface area contributed by atoms with Gasteiger partial charge in [-0.05, 0) is 25.5 Å². The highest BCUT2D eigenvalue weighted by Crippen LogP contribution is 2.34. The van der Waals surface area contributed by atoms with Crippen molar-refractivity contribution in [1.29, 1.82) is 0 Å². The molecular formula is C15H19NO4. The van der Waals surface area contributed by atoms with Crippen molar-refractivity contribution in [2.24, 2.45) is 0 Å². The molecule has 1 amide bonds. The molecule has 0 unspecified atom stereocenters. The second-order valence-electron chi connectivity index (χ2n) is 4.41. The molecule has 5 heteroatoms. The van der Waals surface area contributed by atoms with E-state index < -0.39 is 0 Å². The van der Waals surface area contributed by atoms with Gasteiger partial charge in [0.1, 0.15) is 12.4 Å². The number of amides is 1. The molecule has 0 atom stereocenters. The van der Waals surface area contributed by atoms with Crippen LogP contribution in [0, 0.1) is 0 Å². The maximum absolute atomic E-state index is 11.6. The van der Waals surface area contributed by atoms with E-state index in [1.54, 1.807) is 13.0 Å². The molecule has 108 valence electrons. The molecule has 20 heavy (non-hydrogen) atoms. The number of hydrogen-bond acceptors (Lipinski definition) is 4. The van der Waals surface area contributed by atoms with Crippen molar-refractivity contribution in [3.8, 4) is 17.2 Å². The number of nitrogens with one attached hydrogen (secondary N) is 1. The Morgan fingerprint density at radius 3 is 3.00 bits per heavy atom. The third kappa shape index (κ3) is 3.66. The first-order valence-electron chi connectivity index (χ1n) is 6.68. The molecule has 0 saturated carbocycles. The summed E-state index contributed by atoms with van der Waals surface area (Å²) in [4.78, 5) is 11.6. The van der Waals surface area contributed by atoms with Crippen LogP contribution in [0.15, 0.2) is 29.8 Å². The number of allylic oxidation sites excluding steroid dienone is 1. The van der Waals surface area contributed by atoms with Crippen molar-refractivity contribution in [2.75, 3.05) is 19.9 Å². The molecule has 1 aliphatic rings. The van der Waals surface area contributed by atoms with Crippen molar-refractivity contribution in [1.82, 2.24) is 5.32 Å². The van der Waals surface area contributed by atoms with Gasteiger partial charge in [0.25, 0.3) is 0 Å². The van der Waals surface area contributed by atoms with E-state index in [1.807, 2.05) is 25.1 Å². The number of ether oxygens (including phenoxy) is 3. The van der Waals surface area contributed by atoms with Crippen LogP contribution >= 0.6 is 0 Å². The SMILES string of the molecule is CC/C=C(\C)C(=O)NCCOc1ccc2c(c1)OCO2. The Kier molecular flexibility index (Phi) is 4.87. The lowest BCUT2D eigenvalue weighted by atomic mass is 10.2. The van der Waals surface area contributed by atoms with E-state index in [-0.39, 0.29) is 12.7 Å². The van der Waals surface area contributed by atoms with E-state index in [4.69, 9.17) is 14.2 Å². The predicted octanol–water partition coefficient (Wildman–Crippen LogP) is 2.27. The van der Waals surface area contributed by atoms with Gasteiger partial charge < -0.3 is 19.5 Å². The molecule has 2 rings (SSSR count). The normalized spacial score (nSPS) is 13.2. The van der Waals surface area contributed by atoms with Gasteiger partial charge >= 0.3 is 0 Å². The summed E-state index contributed by atoms with van der Waals surface area (Å²) in [5.41, 5.74) is 0.732. The van der Waals surface area contributed by atoms with Gasteiger partial charge in [-0.15, -0.1) is 0 Å². The molecule has 0 spiro atoms. The lowest BCUT2D eigenvalue weighted by Crippen LogP contribution is -2.28. The van der Waals surface area contributed by atoms with Crippen LogP contribution in [0.2, 0.25) is 0 Å². The van der Waals surface area contributed by atoms with E-state index in [2.05, 4.69) is 5.32 Å². The summed E-state index contributed by atoms with van der Waals surface area (Å²) in [6.07, 6.45) is 2.75. The van der Waals surface area contributed by atoms with Gasteiger partial charge in [-0.25, -0.2) is 0 Å². The smallest absolute Gasteiger partial charge is 0.246 e. The largest absolute Gasteiger partial charge is 0.492 e. The van der Waals surface area contributed by atoms with Crippen molar-refractivity contribution in [3.05, 3.63) is 29.8 Å². The minimum absolute atomic E-state index is 0.0545. The van der Waals surface area contributed by atoms with Crippen LogP contribution in [0.25, 0.3) is 0 Å². The minimum Gasteiger partial charge on any atom is -0.492 e. The van der Waals surface area contributed by atoms with Crippen LogP contribution in [-0.2, 0) is 4.79 Å². The summed E-state index contributed by atoms with van der Waals surface area (Å²) in [6.45, 7) is 4.92. The van der Waals surface area contributed by atoms with Crippen molar-refractivity contribution in [2.45, 2.75) is 20.3 Å². The highest BCUT2D eigenvalue weighted by Gasteiger charge is 2.13. The zero-order valence-corrected chi connectivity index (χ0v) is 11.8. The molecule has 1 heterocycles. The molecular weight excluding hydrogens is 258 g/mol. The third-order valence-corrected chi connectivity index (χ3v) is 2.87. The van der Waals surface area contributed by atoms with Crippen LogP contribution in [-0.4, -0.2) is 25.9 Å². The summed E-state index contributed by atoms with van der Waals surface area (Å²) >= 11 is 0. The molecule has 0 bridgehead atoms. The molecule has 0 fully saturated rings. The maximum atomic E-state index is 11.6. The minimum atomic E-state index is -0.0545. The Hall–Kier alpha value is -2.17. The van der Waals surface area contributed by atoms with Crippen molar-refractivity contribution < 1.29 is 19.0 Å². The van der Waals surface area contributed by atoms with Crippen LogP contribution in [0.5, 0.6) is 17.2 Å². The van der Waals surface area contributed by atoms with Gasteiger partial charge in [0.15, 0.2) is 11.5 Å². The Balaban J connectivity index is 1.74. The lowest BCUT2D eigenvalue weighted by Gasteiger charge is -2.08. The fraction of sp³-hybridized carbons (Fsp3) is 0.400. The van der Waals surface area contributed by atoms with E-state index in [0.29, 0.717) is 24.7 Å². The van der Waals surface area contributed by atoms with Gasteiger partial charge in [0.05, 0.1) is 6.54 Å². The standard InChI is InChI=1S/C15H19NO4/c1-3-4-11(2)15(17)16-7-8-18-12-5-6-13-14(9-12)20-10-19-13/h4-6,9H,3,7-8,10H2,1-2H3,(H,16,17)/b11-4+. The first-order valence-corrected chi connectivity index (χ1v) is 6.68. The summed E-state index contributed by atoms with van der Waals surface area (Å²) in [5.74, 6) is 2.06. The molecule has 0 saturated heterocycles. The Labute approximate surface area is 118 Å². The summed E-state index contributed by atoms with van der Waals surface area (Å²) in [5, 5.41) is 2.80. The molecule has 0 radical (unpaired) electrons. The molecule has 1 aromatic rings.